The molecule has 3 N–H and O–H groups in total. The summed E-state index contributed by atoms with van der Waals surface area (Å²) in [6.07, 6.45) is 22.6. The third kappa shape index (κ3) is 6.86. The van der Waals surface area contributed by atoms with E-state index in [2.05, 4.69) is 98.1 Å². The summed E-state index contributed by atoms with van der Waals surface area (Å²) in [6, 6.07) is 8.56. The molecule has 1 heterocycles. The molecule has 0 fully saturated rings. The van der Waals surface area contributed by atoms with Crippen molar-refractivity contribution in [1.82, 2.24) is 5.32 Å². The number of aliphatic imine (C=N–C) groups is 1. The average molecular weight is 582 g/mol. The number of carbonyl (C=O) groups excluding carboxylic acids is 1. The summed E-state index contributed by atoms with van der Waals surface area (Å²) in [5.74, 6) is 1.21. The maximum atomic E-state index is 12.4. The highest BCUT2D eigenvalue weighted by molar-refractivity contribution is 6.06. The van der Waals surface area contributed by atoms with Gasteiger partial charge in [-0.15, -0.1) is 0 Å². The first-order valence-corrected chi connectivity index (χ1v) is 16.0. The van der Waals surface area contributed by atoms with Crippen molar-refractivity contribution in [2.75, 3.05) is 32.8 Å². The van der Waals surface area contributed by atoms with E-state index in [1.807, 2.05) is 6.92 Å². The predicted octanol–water partition coefficient (Wildman–Crippen LogP) is 6.95. The highest BCUT2D eigenvalue weighted by Crippen LogP contribution is 2.50. The Balaban J connectivity index is 1.49. The van der Waals surface area contributed by atoms with Gasteiger partial charge in [0.25, 0.3) is 0 Å². The first-order chi connectivity index (χ1) is 21.1. The Bertz CT molecular complexity index is 1360. The van der Waals surface area contributed by atoms with Crippen LogP contribution in [0.3, 0.4) is 0 Å². The molecule has 0 saturated heterocycles. The number of nitrogens with two attached hydrogens (primary N) is 1. The lowest BCUT2D eigenvalue weighted by atomic mass is 9.73. The monoisotopic (exact) mass is 581 g/mol. The summed E-state index contributed by atoms with van der Waals surface area (Å²) in [7, 11) is 0. The number of ether oxygens (including phenoxy) is 2. The number of carbonyl (C=O) groups is 1. The van der Waals surface area contributed by atoms with E-state index in [1.54, 1.807) is 0 Å². The number of benzene rings is 1. The van der Waals surface area contributed by atoms with Gasteiger partial charge in [-0.25, -0.2) is 4.79 Å². The Morgan fingerprint density at radius 3 is 2.81 bits per heavy atom. The van der Waals surface area contributed by atoms with Crippen molar-refractivity contribution in [2.45, 2.75) is 58.0 Å². The van der Waals surface area contributed by atoms with Crippen LogP contribution in [-0.2, 0) is 9.47 Å². The molecule has 1 aliphatic heterocycles. The second-order valence-electron chi connectivity index (χ2n) is 11.8. The molecule has 3 aliphatic carbocycles. The van der Waals surface area contributed by atoms with E-state index >= 15 is 0 Å². The van der Waals surface area contributed by atoms with Crippen LogP contribution in [0.2, 0.25) is 0 Å². The zero-order valence-corrected chi connectivity index (χ0v) is 25.9. The molecule has 4 aliphatic rings. The maximum absolute atomic E-state index is 12.4. The van der Waals surface area contributed by atoms with Crippen LogP contribution in [0.4, 0.5) is 4.79 Å². The summed E-state index contributed by atoms with van der Waals surface area (Å²) in [5.41, 5.74) is 13.0. The lowest BCUT2D eigenvalue weighted by Crippen LogP contribution is -2.39. The number of nitrogens with zero attached hydrogens (tertiary/aromatic N) is 1. The SMILES string of the molecule is CC=CC(=CC)COC1C(C2=CC3C(C=C2)c2ccccc2C3COC(=O)NCCN)=NCCC(CC)C2=CC=CCC21. The van der Waals surface area contributed by atoms with Gasteiger partial charge in [0.15, 0.2) is 0 Å². The Kier molecular flexibility index (Phi) is 10.7. The van der Waals surface area contributed by atoms with Gasteiger partial charge in [-0.3, -0.25) is 4.99 Å². The summed E-state index contributed by atoms with van der Waals surface area (Å²) in [4.78, 5) is 17.7. The molecule has 0 aromatic heterocycles. The fraction of sp³-hybridized carbons (Fsp3) is 0.459. The molecule has 5 rings (SSSR count). The van der Waals surface area contributed by atoms with E-state index in [9.17, 15) is 4.79 Å². The van der Waals surface area contributed by atoms with Gasteiger partial charge in [0.2, 0.25) is 0 Å². The third-order valence-corrected chi connectivity index (χ3v) is 9.38. The van der Waals surface area contributed by atoms with E-state index in [1.165, 1.54) is 16.7 Å². The first kappa shape index (κ1) is 31.0. The number of allylic oxidation sites excluding steroid dienone is 8. The Morgan fingerprint density at radius 1 is 1.21 bits per heavy atom. The zero-order valence-electron chi connectivity index (χ0n) is 25.9. The fourth-order valence-corrected chi connectivity index (χ4v) is 7.21. The van der Waals surface area contributed by atoms with Gasteiger partial charge >= 0.3 is 6.09 Å². The molecule has 0 radical (unpaired) electrons. The van der Waals surface area contributed by atoms with Gasteiger partial charge in [-0.2, -0.15) is 0 Å². The molecule has 6 unspecified atom stereocenters. The van der Waals surface area contributed by atoms with Crippen molar-refractivity contribution in [3.05, 3.63) is 107 Å². The van der Waals surface area contributed by atoms with Crippen LogP contribution in [0.15, 0.2) is 101 Å². The molecule has 228 valence electrons. The van der Waals surface area contributed by atoms with Crippen LogP contribution in [-0.4, -0.2) is 50.8 Å². The van der Waals surface area contributed by atoms with E-state index in [-0.39, 0.29) is 29.8 Å². The van der Waals surface area contributed by atoms with E-state index in [0.717, 1.165) is 42.7 Å². The van der Waals surface area contributed by atoms with Gasteiger partial charge in [-0.05, 0) is 67.2 Å². The van der Waals surface area contributed by atoms with Crippen LogP contribution in [0, 0.1) is 17.8 Å². The number of nitrogens with one attached hydrogen (secondary N) is 1. The predicted molar refractivity (Wildman–Crippen MR) is 175 cm³/mol. The molecule has 1 amide bonds. The van der Waals surface area contributed by atoms with E-state index in [0.29, 0.717) is 32.2 Å². The summed E-state index contributed by atoms with van der Waals surface area (Å²) in [5, 5.41) is 2.73. The highest BCUT2D eigenvalue weighted by atomic mass is 16.5. The average Bonchev–Trinajstić information content (AvgIpc) is 3.35. The highest BCUT2D eigenvalue weighted by Gasteiger charge is 2.42. The molecule has 0 spiro atoms. The van der Waals surface area contributed by atoms with E-state index in [4.69, 9.17) is 20.2 Å². The number of alkyl carbamates (subject to hydrolysis) is 1. The Morgan fingerprint density at radius 2 is 2.05 bits per heavy atom. The van der Waals surface area contributed by atoms with Crippen molar-refractivity contribution in [3.63, 3.8) is 0 Å². The van der Waals surface area contributed by atoms with Gasteiger partial charge < -0.3 is 20.5 Å². The van der Waals surface area contributed by atoms with Crippen molar-refractivity contribution in [2.24, 2.45) is 28.5 Å². The van der Waals surface area contributed by atoms with Gasteiger partial charge in [0.1, 0.15) is 12.7 Å². The van der Waals surface area contributed by atoms with Crippen LogP contribution in [0.1, 0.15) is 63.0 Å². The molecule has 0 bridgehead atoms. The normalized spacial score (nSPS) is 28.2. The molecular formula is C37H47N3O3. The minimum Gasteiger partial charge on any atom is -0.449 e. The minimum atomic E-state index is -0.421. The van der Waals surface area contributed by atoms with Crippen LogP contribution in [0.25, 0.3) is 0 Å². The number of hydrogen-bond acceptors (Lipinski definition) is 5. The lowest BCUT2D eigenvalue weighted by molar-refractivity contribution is 0.0815. The second kappa shape index (κ2) is 14.8. The molecule has 1 aromatic carbocycles. The third-order valence-electron chi connectivity index (χ3n) is 9.38. The van der Waals surface area contributed by atoms with Gasteiger partial charge in [0.05, 0.1) is 12.3 Å². The second-order valence-corrected chi connectivity index (χ2v) is 11.8. The topological polar surface area (TPSA) is 85.9 Å². The standard InChI is InChI=1S/C37H47N3O3/c1-4-11-25(5-2)23-42-36-32-15-10-7-12-28(32)26(6-3)18-20-39-35(36)27-16-17-31-29-13-8-9-14-30(29)34(33(31)22-27)24-43-37(41)40-21-19-38/h4-5,7-14,16-17,22,26,31-34,36H,6,15,18-21,23-24,38H2,1-3H3,(H,40,41). The number of amides is 1. The number of fused-ring (bicyclic) bond motifs is 4. The molecule has 6 nitrogen and oxygen atoms in total. The molecule has 43 heavy (non-hydrogen) atoms. The zero-order chi connectivity index (χ0) is 30.2. The van der Waals surface area contributed by atoms with Crippen molar-refractivity contribution < 1.29 is 14.3 Å². The Labute approximate surface area is 257 Å². The van der Waals surface area contributed by atoms with Crippen LogP contribution < -0.4 is 11.1 Å². The van der Waals surface area contributed by atoms with Gasteiger partial charge in [-0.1, -0.05) is 91.4 Å². The largest absolute Gasteiger partial charge is 0.449 e. The smallest absolute Gasteiger partial charge is 0.407 e. The molecule has 6 heteroatoms. The molecule has 1 aromatic rings. The minimum absolute atomic E-state index is 0.0557. The Hall–Kier alpha value is -3.48. The summed E-state index contributed by atoms with van der Waals surface area (Å²) < 4.78 is 12.6. The van der Waals surface area contributed by atoms with Crippen molar-refractivity contribution in [3.8, 4) is 0 Å². The summed E-state index contributed by atoms with van der Waals surface area (Å²) >= 11 is 0. The van der Waals surface area contributed by atoms with Crippen molar-refractivity contribution in [1.29, 1.82) is 0 Å². The lowest BCUT2D eigenvalue weighted by Gasteiger charge is -2.37. The van der Waals surface area contributed by atoms with Crippen LogP contribution in [0.5, 0.6) is 0 Å². The van der Waals surface area contributed by atoms with Crippen molar-refractivity contribution >= 4 is 11.8 Å². The van der Waals surface area contributed by atoms with Crippen LogP contribution >= 0.6 is 0 Å². The first-order valence-electron chi connectivity index (χ1n) is 16.0. The quantitative estimate of drug-likeness (QED) is 0.293. The summed E-state index contributed by atoms with van der Waals surface area (Å²) in [6.45, 7) is 8.80. The van der Waals surface area contributed by atoms with E-state index < -0.39 is 6.09 Å². The molecular weight excluding hydrogens is 534 g/mol. The number of hydrogen-bond donors (Lipinski definition) is 2. The maximum Gasteiger partial charge on any atom is 0.407 e. The molecule has 0 saturated carbocycles. The number of rotatable bonds is 10. The molecule has 6 atom stereocenters. The van der Waals surface area contributed by atoms with Gasteiger partial charge in [0, 0.05) is 37.4 Å². The fourth-order valence-electron chi connectivity index (χ4n) is 7.21.